The van der Waals surface area contributed by atoms with Crippen LogP contribution in [0.3, 0.4) is 0 Å². The summed E-state index contributed by atoms with van der Waals surface area (Å²) in [5, 5.41) is 12.3. The lowest BCUT2D eigenvalue weighted by atomic mass is 9.70. The van der Waals surface area contributed by atoms with Gasteiger partial charge in [-0.15, -0.1) is 11.3 Å². The second-order valence-electron chi connectivity index (χ2n) is 4.32. The van der Waals surface area contributed by atoms with Gasteiger partial charge in [0.1, 0.15) is 10.4 Å². The average Bonchev–Trinajstić information content (AvgIpc) is 2.80. The maximum absolute atomic E-state index is 9.28. The summed E-state index contributed by atoms with van der Waals surface area (Å²) in [6, 6.07) is 6.32. The van der Waals surface area contributed by atoms with Gasteiger partial charge >= 0.3 is 0 Å². The standard InChI is InChI=1S/C13H11N3S/c14-9-13(4-1-5-13)12-16-11(8-17-12)10-2-6-15-7-3-10/h2-3,6-8H,1,4-5H2. The summed E-state index contributed by atoms with van der Waals surface area (Å²) in [5.74, 6) is 0. The summed E-state index contributed by atoms with van der Waals surface area (Å²) in [5.41, 5.74) is 1.72. The van der Waals surface area contributed by atoms with Crippen molar-refractivity contribution in [3.63, 3.8) is 0 Å². The topological polar surface area (TPSA) is 49.6 Å². The Bertz CT molecular complexity index is 564. The molecule has 0 unspecified atom stereocenters. The number of thiazole rings is 1. The Balaban J connectivity index is 1.97. The fraction of sp³-hybridized carbons (Fsp3) is 0.308. The lowest BCUT2D eigenvalue weighted by molar-refractivity contribution is 0.323. The summed E-state index contributed by atoms with van der Waals surface area (Å²) in [4.78, 5) is 8.61. The molecule has 17 heavy (non-hydrogen) atoms. The Labute approximate surface area is 104 Å². The van der Waals surface area contributed by atoms with Crippen LogP contribution in [0.2, 0.25) is 0 Å². The van der Waals surface area contributed by atoms with E-state index in [-0.39, 0.29) is 5.41 Å². The van der Waals surface area contributed by atoms with Gasteiger partial charge in [0.2, 0.25) is 0 Å². The molecule has 3 rings (SSSR count). The van der Waals surface area contributed by atoms with E-state index in [0.29, 0.717) is 0 Å². The van der Waals surface area contributed by atoms with Gasteiger partial charge in [0.25, 0.3) is 0 Å². The summed E-state index contributed by atoms with van der Waals surface area (Å²) >= 11 is 1.60. The Hall–Kier alpha value is -1.73. The molecule has 2 aromatic rings. The molecule has 0 bridgehead atoms. The first-order chi connectivity index (χ1) is 8.34. The molecular weight excluding hydrogens is 230 g/mol. The van der Waals surface area contributed by atoms with Gasteiger partial charge in [-0.05, 0) is 31.4 Å². The molecule has 2 aromatic heterocycles. The fourth-order valence-electron chi connectivity index (χ4n) is 2.05. The minimum absolute atomic E-state index is 0.296. The minimum Gasteiger partial charge on any atom is -0.265 e. The molecule has 0 saturated heterocycles. The number of nitrogens with zero attached hydrogens (tertiary/aromatic N) is 3. The van der Waals surface area contributed by atoms with Gasteiger partial charge in [-0.3, -0.25) is 4.98 Å². The van der Waals surface area contributed by atoms with Crippen molar-refractivity contribution < 1.29 is 0 Å². The zero-order valence-corrected chi connectivity index (χ0v) is 10.1. The highest BCUT2D eigenvalue weighted by atomic mass is 32.1. The number of aromatic nitrogens is 2. The smallest absolute Gasteiger partial charge is 0.114 e. The molecule has 0 atom stereocenters. The van der Waals surface area contributed by atoms with Gasteiger partial charge in [0, 0.05) is 23.3 Å². The highest BCUT2D eigenvalue weighted by Gasteiger charge is 2.41. The SMILES string of the molecule is N#CC1(c2nc(-c3ccncc3)cs2)CCC1. The first-order valence-electron chi connectivity index (χ1n) is 5.62. The summed E-state index contributed by atoms with van der Waals surface area (Å²) in [6.07, 6.45) is 6.56. The Morgan fingerprint density at radius 2 is 2.06 bits per heavy atom. The molecule has 0 radical (unpaired) electrons. The van der Waals surface area contributed by atoms with Gasteiger partial charge in [0.05, 0.1) is 11.8 Å². The number of hydrogen-bond acceptors (Lipinski definition) is 4. The molecule has 1 fully saturated rings. The monoisotopic (exact) mass is 241 g/mol. The second kappa shape index (κ2) is 3.94. The third-order valence-corrected chi connectivity index (χ3v) is 4.36. The van der Waals surface area contributed by atoms with Crippen LogP contribution in [-0.2, 0) is 5.41 Å². The first-order valence-corrected chi connectivity index (χ1v) is 6.50. The van der Waals surface area contributed by atoms with Crippen molar-refractivity contribution in [2.75, 3.05) is 0 Å². The van der Waals surface area contributed by atoms with Crippen molar-refractivity contribution in [3.05, 3.63) is 34.9 Å². The van der Waals surface area contributed by atoms with Gasteiger partial charge < -0.3 is 0 Å². The highest BCUT2D eigenvalue weighted by molar-refractivity contribution is 7.10. The van der Waals surface area contributed by atoms with Crippen LogP contribution in [-0.4, -0.2) is 9.97 Å². The maximum Gasteiger partial charge on any atom is 0.114 e. The number of pyridine rings is 1. The highest BCUT2D eigenvalue weighted by Crippen LogP contribution is 2.44. The van der Waals surface area contributed by atoms with Crippen LogP contribution in [0.1, 0.15) is 24.3 Å². The zero-order valence-electron chi connectivity index (χ0n) is 9.26. The molecule has 0 aliphatic heterocycles. The lowest BCUT2D eigenvalue weighted by Gasteiger charge is -2.32. The van der Waals surface area contributed by atoms with Crippen LogP contribution in [0.25, 0.3) is 11.3 Å². The molecule has 2 heterocycles. The zero-order chi connectivity index (χ0) is 11.7. The van der Waals surface area contributed by atoms with Crippen molar-refractivity contribution in [1.82, 2.24) is 9.97 Å². The van der Waals surface area contributed by atoms with Crippen molar-refractivity contribution in [3.8, 4) is 17.3 Å². The van der Waals surface area contributed by atoms with E-state index in [4.69, 9.17) is 0 Å². The van der Waals surface area contributed by atoms with E-state index in [1.165, 1.54) is 0 Å². The number of rotatable bonds is 2. The molecule has 1 aliphatic carbocycles. The molecule has 0 amide bonds. The van der Waals surface area contributed by atoms with Gasteiger partial charge in [-0.2, -0.15) is 5.26 Å². The number of hydrogen-bond donors (Lipinski definition) is 0. The Kier molecular flexibility index (Phi) is 2.41. The van der Waals surface area contributed by atoms with Crippen LogP contribution >= 0.6 is 11.3 Å². The van der Waals surface area contributed by atoms with E-state index in [9.17, 15) is 5.26 Å². The molecular formula is C13H11N3S. The normalized spacial score (nSPS) is 17.1. The second-order valence-corrected chi connectivity index (χ2v) is 5.18. The van der Waals surface area contributed by atoms with E-state index in [1.54, 1.807) is 23.7 Å². The van der Waals surface area contributed by atoms with Crippen molar-refractivity contribution in [1.29, 1.82) is 5.26 Å². The van der Waals surface area contributed by atoms with E-state index >= 15 is 0 Å². The van der Waals surface area contributed by atoms with Crippen LogP contribution in [0, 0.1) is 11.3 Å². The van der Waals surface area contributed by atoms with Crippen LogP contribution < -0.4 is 0 Å². The van der Waals surface area contributed by atoms with Gasteiger partial charge in [-0.25, -0.2) is 4.98 Å². The molecule has 0 aromatic carbocycles. The molecule has 4 heteroatoms. The molecule has 3 nitrogen and oxygen atoms in total. The summed E-state index contributed by atoms with van der Waals surface area (Å²) in [6.45, 7) is 0. The van der Waals surface area contributed by atoms with Crippen molar-refractivity contribution >= 4 is 11.3 Å². The molecule has 0 N–H and O–H groups in total. The fourth-order valence-corrected chi connectivity index (χ4v) is 3.09. The quantitative estimate of drug-likeness (QED) is 0.811. The Morgan fingerprint density at radius 3 is 2.65 bits per heavy atom. The van der Waals surface area contributed by atoms with E-state index in [1.807, 2.05) is 17.5 Å². The minimum atomic E-state index is -0.296. The molecule has 1 saturated carbocycles. The van der Waals surface area contributed by atoms with E-state index in [2.05, 4.69) is 16.0 Å². The van der Waals surface area contributed by atoms with Crippen LogP contribution in [0.5, 0.6) is 0 Å². The molecule has 84 valence electrons. The van der Waals surface area contributed by atoms with Gasteiger partial charge in [0.15, 0.2) is 0 Å². The molecule has 1 aliphatic rings. The Morgan fingerprint density at radius 1 is 1.29 bits per heavy atom. The lowest BCUT2D eigenvalue weighted by Crippen LogP contribution is -2.32. The van der Waals surface area contributed by atoms with Crippen molar-refractivity contribution in [2.45, 2.75) is 24.7 Å². The van der Waals surface area contributed by atoms with Crippen LogP contribution in [0.15, 0.2) is 29.9 Å². The average molecular weight is 241 g/mol. The van der Waals surface area contributed by atoms with E-state index < -0.39 is 0 Å². The number of nitriles is 1. The third kappa shape index (κ3) is 1.63. The van der Waals surface area contributed by atoms with Gasteiger partial charge in [-0.1, -0.05) is 0 Å². The molecule has 0 spiro atoms. The first kappa shape index (κ1) is 10.4. The summed E-state index contributed by atoms with van der Waals surface area (Å²) in [7, 11) is 0. The van der Waals surface area contributed by atoms with Crippen molar-refractivity contribution in [2.24, 2.45) is 0 Å². The third-order valence-electron chi connectivity index (χ3n) is 3.31. The maximum atomic E-state index is 9.28. The van der Waals surface area contributed by atoms with E-state index in [0.717, 1.165) is 35.5 Å². The predicted octanol–water partition coefficient (Wildman–Crippen LogP) is 3.15. The summed E-state index contributed by atoms with van der Waals surface area (Å²) < 4.78 is 0. The largest absolute Gasteiger partial charge is 0.265 e. The predicted molar refractivity (Wildman–Crippen MR) is 66.5 cm³/mol. The van der Waals surface area contributed by atoms with Crippen LogP contribution in [0.4, 0.5) is 0 Å².